The van der Waals surface area contributed by atoms with Crippen molar-refractivity contribution in [1.82, 2.24) is 24.6 Å². The highest BCUT2D eigenvalue weighted by Crippen LogP contribution is 2.46. The van der Waals surface area contributed by atoms with Crippen LogP contribution in [-0.4, -0.2) is 54.3 Å². The molecule has 2 aliphatic rings. The first-order valence-electron chi connectivity index (χ1n) is 9.96. The third-order valence-electron chi connectivity index (χ3n) is 6.31. The molecule has 29 heavy (non-hydrogen) atoms. The molecule has 4 heterocycles. The van der Waals surface area contributed by atoms with E-state index in [0.717, 1.165) is 41.4 Å². The van der Waals surface area contributed by atoms with E-state index in [0.29, 0.717) is 11.5 Å². The summed E-state index contributed by atoms with van der Waals surface area (Å²) in [5, 5.41) is 5.26. The summed E-state index contributed by atoms with van der Waals surface area (Å²) in [4.78, 5) is 35.9. The molecule has 2 aromatic heterocycles. The summed E-state index contributed by atoms with van der Waals surface area (Å²) in [7, 11) is 0. The number of benzene rings is 1. The zero-order valence-electron chi connectivity index (χ0n) is 16.8. The number of piperidine rings is 1. The quantitative estimate of drug-likeness (QED) is 0.493. The first-order valence-corrected chi connectivity index (χ1v) is 9.96. The van der Waals surface area contributed by atoms with Crippen molar-refractivity contribution in [2.75, 3.05) is 6.54 Å². The maximum atomic E-state index is 12.9. The van der Waals surface area contributed by atoms with Gasteiger partial charge < -0.3 is 0 Å². The summed E-state index contributed by atoms with van der Waals surface area (Å²) < 4.78 is 1.68. The van der Waals surface area contributed by atoms with Crippen LogP contribution >= 0.6 is 0 Å². The average molecular weight is 389 g/mol. The van der Waals surface area contributed by atoms with Crippen molar-refractivity contribution < 1.29 is 9.59 Å². The number of fused-ring (bicyclic) bond motifs is 2. The molecule has 148 valence electrons. The lowest BCUT2D eigenvalue weighted by Crippen LogP contribution is -2.30. The van der Waals surface area contributed by atoms with Gasteiger partial charge in [-0.15, -0.1) is 0 Å². The number of nitrogens with zero attached hydrogens (tertiary/aromatic N) is 5. The predicted octanol–water partition coefficient (Wildman–Crippen LogP) is 2.81. The van der Waals surface area contributed by atoms with Gasteiger partial charge in [-0.05, 0) is 44.4 Å². The van der Waals surface area contributed by atoms with Gasteiger partial charge >= 0.3 is 0 Å². The fourth-order valence-corrected chi connectivity index (χ4v) is 4.51. The van der Waals surface area contributed by atoms with Crippen molar-refractivity contribution >= 4 is 22.5 Å². The molecule has 2 saturated heterocycles. The van der Waals surface area contributed by atoms with E-state index < -0.39 is 0 Å². The smallest absolute Gasteiger partial charge is 0.180 e. The van der Waals surface area contributed by atoms with Crippen LogP contribution in [0.1, 0.15) is 43.0 Å². The number of aromatic nitrogens is 4. The van der Waals surface area contributed by atoms with Crippen LogP contribution in [0.2, 0.25) is 0 Å². The average Bonchev–Trinajstić information content (AvgIpc) is 3.05. The number of carbonyl (C=O) groups excluding carboxylic acids is 2. The molecule has 0 aliphatic carbocycles. The molecule has 1 aromatic carbocycles. The SMILES string of the molecule is CC(=O)c1nn(CC(=O)C2CC[C@]3(C)CN23)c2ccc(-c3cnc(C)nc3)cc12. The van der Waals surface area contributed by atoms with E-state index in [1.807, 2.05) is 25.1 Å². The first kappa shape index (κ1) is 18.1. The summed E-state index contributed by atoms with van der Waals surface area (Å²) in [6.07, 6.45) is 5.52. The summed E-state index contributed by atoms with van der Waals surface area (Å²) in [6, 6.07) is 5.79. The molecule has 0 saturated carbocycles. The Balaban J connectivity index is 1.50. The minimum atomic E-state index is -0.113. The van der Waals surface area contributed by atoms with Crippen molar-refractivity contribution in [2.24, 2.45) is 0 Å². The third-order valence-corrected chi connectivity index (χ3v) is 6.31. The number of hydrogen-bond acceptors (Lipinski definition) is 6. The maximum Gasteiger partial charge on any atom is 0.180 e. The molecule has 0 radical (unpaired) electrons. The second-order valence-electron chi connectivity index (χ2n) is 8.46. The second-order valence-corrected chi connectivity index (χ2v) is 8.46. The van der Waals surface area contributed by atoms with Crippen molar-refractivity contribution in [3.8, 4) is 11.1 Å². The van der Waals surface area contributed by atoms with Gasteiger partial charge in [0.05, 0.1) is 11.6 Å². The van der Waals surface area contributed by atoms with Crippen molar-refractivity contribution in [3.63, 3.8) is 0 Å². The fourth-order valence-electron chi connectivity index (χ4n) is 4.51. The van der Waals surface area contributed by atoms with Gasteiger partial charge in [-0.3, -0.25) is 19.2 Å². The van der Waals surface area contributed by atoms with E-state index in [9.17, 15) is 9.59 Å². The molecule has 0 spiro atoms. The van der Waals surface area contributed by atoms with E-state index >= 15 is 0 Å². The van der Waals surface area contributed by atoms with Crippen LogP contribution in [0.5, 0.6) is 0 Å². The van der Waals surface area contributed by atoms with Gasteiger partial charge in [-0.2, -0.15) is 5.10 Å². The van der Waals surface area contributed by atoms with Crippen LogP contribution in [-0.2, 0) is 11.3 Å². The molecule has 7 heteroatoms. The molecule has 3 aromatic rings. The minimum absolute atomic E-state index is 0.0241. The highest BCUT2D eigenvalue weighted by molar-refractivity contribution is 6.06. The summed E-state index contributed by atoms with van der Waals surface area (Å²) in [6.45, 7) is 6.76. The number of Topliss-reactive ketones (excluding diaryl/α,β-unsaturated/α-hetero) is 2. The molecule has 7 nitrogen and oxygen atoms in total. The van der Waals surface area contributed by atoms with Crippen molar-refractivity contribution in [3.05, 3.63) is 42.1 Å². The maximum absolute atomic E-state index is 12.9. The Labute approximate surface area is 168 Å². The minimum Gasteiger partial charge on any atom is -0.296 e. The lowest BCUT2D eigenvalue weighted by molar-refractivity contribution is -0.122. The topological polar surface area (TPSA) is 80.8 Å². The lowest BCUT2D eigenvalue weighted by atomic mass is 10.0. The standard InChI is InChI=1S/C22H23N5O2/c1-13(28)21-17-8-15(16-9-23-14(2)24-10-16)4-5-18(17)27(25-21)11-20(29)19-6-7-22(3)12-26(19)22/h4-5,8-10,19H,6-7,11-12H2,1-3H3/t19?,22-,26?/m1/s1. The third kappa shape index (κ3) is 2.97. The number of aryl methyl sites for hydroxylation is 1. The molecule has 3 atom stereocenters. The Hall–Kier alpha value is -2.93. The highest BCUT2D eigenvalue weighted by atomic mass is 16.1. The molecule has 0 amide bonds. The molecule has 2 fully saturated rings. The Morgan fingerprint density at radius 3 is 2.59 bits per heavy atom. The van der Waals surface area contributed by atoms with Gasteiger partial charge in [-0.1, -0.05) is 6.07 Å². The van der Waals surface area contributed by atoms with Gasteiger partial charge in [0.2, 0.25) is 0 Å². The van der Waals surface area contributed by atoms with Crippen LogP contribution in [0.3, 0.4) is 0 Å². The molecular formula is C22H23N5O2. The van der Waals surface area contributed by atoms with E-state index in [1.165, 1.54) is 6.92 Å². The number of carbonyl (C=O) groups is 2. The monoisotopic (exact) mass is 389 g/mol. The van der Waals surface area contributed by atoms with Gasteiger partial charge in [0.1, 0.15) is 18.1 Å². The van der Waals surface area contributed by atoms with Crippen LogP contribution < -0.4 is 0 Å². The summed E-state index contributed by atoms with van der Waals surface area (Å²) >= 11 is 0. The van der Waals surface area contributed by atoms with E-state index in [4.69, 9.17) is 0 Å². The normalized spacial score (nSPS) is 25.2. The van der Waals surface area contributed by atoms with Gasteiger partial charge in [0, 0.05) is 42.4 Å². The van der Waals surface area contributed by atoms with Crippen LogP contribution in [0.15, 0.2) is 30.6 Å². The van der Waals surface area contributed by atoms with Gasteiger partial charge in [0.25, 0.3) is 0 Å². The van der Waals surface area contributed by atoms with E-state index in [1.54, 1.807) is 17.1 Å². The van der Waals surface area contributed by atoms with Gasteiger partial charge in [0.15, 0.2) is 11.6 Å². The Kier molecular flexibility index (Phi) is 3.93. The zero-order chi connectivity index (χ0) is 20.3. The Morgan fingerprint density at radius 2 is 1.97 bits per heavy atom. The van der Waals surface area contributed by atoms with Crippen LogP contribution in [0, 0.1) is 6.92 Å². The summed E-state index contributed by atoms with van der Waals surface area (Å²) in [5.41, 5.74) is 3.21. The number of rotatable bonds is 5. The molecule has 2 aliphatic heterocycles. The first-order chi connectivity index (χ1) is 13.9. The van der Waals surface area contributed by atoms with E-state index in [-0.39, 0.29) is 29.7 Å². The highest BCUT2D eigenvalue weighted by Gasteiger charge is 2.57. The van der Waals surface area contributed by atoms with Gasteiger partial charge in [-0.25, -0.2) is 9.97 Å². The van der Waals surface area contributed by atoms with Crippen LogP contribution in [0.25, 0.3) is 22.0 Å². The molecule has 0 N–H and O–H groups in total. The molecule has 0 bridgehead atoms. The van der Waals surface area contributed by atoms with Crippen molar-refractivity contribution in [1.29, 1.82) is 0 Å². The van der Waals surface area contributed by atoms with E-state index in [2.05, 4.69) is 26.9 Å². The Bertz CT molecular complexity index is 1150. The van der Waals surface area contributed by atoms with Crippen molar-refractivity contribution in [2.45, 2.75) is 51.7 Å². The Morgan fingerprint density at radius 1 is 1.21 bits per heavy atom. The lowest BCUT2D eigenvalue weighted by Gasteiger charge is -2.12. The number of hydrogen-bond donors (Lipinski definition) is 0. The number of ketones is 2. The zero-order valence-corrected chi connectivity index (χ0v) is 16.8. The largest absolute Gasteiger partial charge is 0.296 e. The fraction of sp³-hybridized carbons (Fsp3) is 0.409. The molecular weight excluding hydrogens is 366 g/mol. The van der Waals surface area contributed by atoms with Crippen LogP contribution in [0.4, 0.5) is 0 Å². The molecule has 5 rings (SSSR count). The predicted molar refractivity (Wildman–Crippen MR) is 109 cm³/mol. The second kappa shape index (κ2) is 6.29. The summed E-state index contributed by atoms with van der Waals surface area (Å²) in [5.74, 6) is 0.764. The molecule has 2 unspecified atom stereocenters.